The van der Waals surface area contributed by atoms with Crippen LogP contribution in [0, 0.1) is 0 Å². The largest absolute Gasteiger partial charge is 0.378 e. The van der Waals surface area contributed by atoms with Crippen molar-refractivity contribution in [3.05, 3.63) is 48.4 Å². The maximum absolute atomic E-state index is 11.4. The normalized spacial score (nSPS) is 20.3. The number of carbonyl (C=O) groups excluding carboxylic acids is 1. The van der Waals surface area contributed by atoms with Crippen LogP contribution in [0.3, 0.4) is 0 Å². The first-order valence-corrected chi connectivity index (χ1v) is 11.5. The fourth-order valence-corrected chi connectivity index (χ4v) is 4.65. The van der Waals surface area contributed by atoms with Crippen LogP contribution in [0.2, 0.25) is 0 Å². The third kappa shape index (κ3) is 4.41. The number of nitrogens with two attached hydrogens (primary N) is 1. The van der Waals surface area contributed by atoms with Crippen molar-refractivity contribution < 1.29 is 18.7 Å². The Kier molecular flexibility index (Phi) is 5.94. The van der Waals surface area contributed by atoms with Crippen molar-refractivity contribution in [1.82, 2.24) is 0 Å². The van der Waals surface area contributed by atoms with E-state index >= 15 is 0 Å². The van der Waals surface area contributed by atoms with Crippen LogP contribution in [0.1, 0.15) is 37.7 Å². The lowest BCUT2D eigenvalue weighted by Crippen LogP contribution is -2.49. The average molecular weight is 435 g/mol. The van der Waals surface area contributed by atoms with Crippen LogP contribution < -0.4 is 19.8 Å². The van der Waals surface area contributed by atoms with Crippen LogP contribution in [-0.2, 0) is 16.1 Å². The summed E-state index contributed by atoms with van der Waals surface area (Å²) in [6, 6.07) is 8.89. The molecule has 1 amide bonds. The third-order valence-corrected chi connectivity index (χ3v) is 6.34. The summed E-state index contributed by atoms with van der Waals surface area (Å²) in [6.45, 7) is 3.49. The number of morpholine rings is 1. The molecule has 8 nitrogen and oxygen atoms in total. The van der Waals surface area contributed by atoms with Crippen molar-refractivity contribution >= 4 is 29.0 Å². The SMILES string of the molecule is NC(=O)C[n+]1cc[n+]2c(c1)N=C(c1ccc(N3CCOCC3)cc1)C2=NC1CCCCC1. The number of ether oxygens (including phenoxy) is 1. The van der Waals surface area contributed by atoms with Crippen LogP contribution in [0.4, 0.5) is 11.5 Å². The predicted octanol–water partition coefficient (Wildman–Crippen LogP) is 1.30. The lowest BCUT2D eigenvalue weighted by atomic mass is 9.96. The molecule has 166 valence electrons. The number of rotatable bonds is 5. The Morgan fingerprint density at radius 1 is 1.12 bits per heavy atom. The van der Waals surface area contributed by atoms with Crippen molar-refractivity contribution in [1.29, 1.82) is 0 Å². The molecule has 2 aliphatic heterocycles. The highest BCUT2D eigenvalue weighted by Crippen LogP contribution is 2.24. The smallest absolute Gasteiger partial charge is 0.333 e. The molecule has 3 heterocycles. The van der Waals surface area contributed by atoms with E-state index in [2.05, 4.69) is 29.2 Å². The quantitative estimate of drug-likeness (QED) is 0.720. The first-order valence-electron chi connectivity index (χ1n) is 11.5. The Morgan fingerprint density at radius 2 is 1.88 bits per heavy atom. The number of amides is 1. The molecule has 2 fully saturated rings. The minimum Gasteiger partial charge on any atom is -0.378 e. The molecule has 1 saturated heterocycles. The minimum absolute atomic E-state index is 0.127. The zero-order valence-corrected chi connectivity index (χ0v) is 18.3. The van der Waals surface area contributed by atoms with Gasteiger partial charge in [0.2, 0.25) is 24.7 Å². The second-order valence-electron chi connectivity index (χ2n) is 8.65. The van der Waals surface area contributed by atoms with Crippen molar-refractivity contribution in [2.45, 2.75) is 44.7 Å². The van der Waals surface area contributed by atoms with Gasteiger partial charge in [-0.3, -0.25) is 4.79 Å². The minimum atomic E-state index is -0.378. The molecule has 1 aromatic heterocycles. The summed E-state index contributed by atoms with van der Waals surface area (Å²) >= 11 is 0. The van der Waals surface area contributed by atoms with Gasteiger partial charge in [0.25, 0.3) is 5.91 Å². The summed E-state index contributed by atoms with van der Waals surface area (Å²) in [4.78, 5) is 23.8. The molecule has 0 radical (unpaired) electrons. The fraction of sp³-hybridized carbons (Fsp3) is 0.458. The average Bonchev–Trinajstić information content (AvgIpc) is 3.17. The van der Waals surface area contributed by atoms with Crippen LogP contribution in [0.5, 0.6) is 0 Å². The summed E-state index contributed by atoms with van der Waals surface area (Å²) in [7, 11) is 0. The van der Waals surface area contributed by atoms with Gasteiger partial charge in [0.05, 0.1) is 13.2 Å². The van der Waals surface area contributed by atoms with E-state index < -0.39 is 0 Å². The van der Waals surface area contributed by atoms with Crippen LogP contribution >= 0.6 is 0 Å². The Balaban J connectivity index is 1.48. The van der Waals surface area contributed by atoms with E-state index in [1.54, 1.807) is 4.57 Å². The number of fused-ring (bicyclic) bond motifs is 1. The summed E-state index contributed by atoms with van der Waals surface area (Å²) in [5.74, 6) is 1.27. The van der Waals surface area contributed by atoms with E-state index in [4.69, 9.17) is 20.5 Å². The summed E-state index contributed by atoms with van der Waals surface area (Å²) in [6.07, 6.45) is 11.6. The molecular formula is C24H30N6O2+2. The Morgan fingerprint density at radius 3 is 2.59 bits per heavy atom. The predicted molar refractivity (Wildman–Crippen MR) is 121 cm³/mol. The van der Waals surface area contributed by atoms with Gasteiger partial charge >= 0.3 is 11.7 Å². The highest BCUT2D eigenvalue weighted by atomic mass is 16.5. The number of hydrogen-bond donors (Lipinski definition) is 1. The van der Waals surface area contributed by atoms with E-state index in [0.29, 0.717) is 6.04 Å². The van der Waals surface area contributed by atoms with Crippen molar-refractivity contribution in [3.63, 3.8) is 0 Å². The van der Waals surface area contributed by atoms with Crippen molar-refractivity contribution in [3.8, 4) is 0 Å². The number of hydrogen-bond acceptors (Lipinski definition) is 5. The Labute approximate surface area is 188 Å². The van der Waals surface area contributed by atoms with Gasteiger partial charge in [-0.1, -0.05) is 11.4 Å². The number of carbonyl (C=O) groups is 1. The lowest BCUT2D eigenvalue weighted by Gasteiger charge is -2.28. The van der Waals surface area contributed by atoms with Crippen LogP contribution in [0.15, 0.2) is 52.8 Å². The van der Waals surface area contributed by atoms with Gasteiger partial charge in [-0.05, 0) is 49.9 Å². The molecule has 2 aromatic rings. The highest BCUT2D eigenvalue weighted by molar-refractivity contribution is 6.46. The lowest BCUT2D eigenvalue weighted by molar-refractivity contribution is -0.701. The number of aliphatic imine (C=N–C) groups is 2. The van der Waals surface area contributed by atoms with Gasteiger partial charge in [0.1, 0.15) is 12.2 Å². The summed E-state index contributed by atoms with van der Waals surface area (Å²) < 4.78 is 9.26. The second kappa shape index (κ2) is 9.16. The molecular weight excluding hydrogens is 404 g/mol. The van der Waals surface area contributed by atoms with Gasteiger partial charge in [-0.15, -0.1) is 4.99 Å². The van der Waals surface area contributed by atoms with Crippen LogP contribution in [-0.4, -0.2) is 49.8 Å². The summed E-state index contributed by atoms with van der Waals surface area (Å²) in [5.41, 5.74) is 8.50. The zero-order chi connectivity index (χ0) is 21.9. The van der Waals surface area contributed by atoms with Gasteiger partial charge in [-0.25, -0.2) is 0 Å². The van der Waals surface area contributed by atoms with Crippen molar-refractivity contribution in [2.75, 3.05) is 31.2 Å². The third-order valence-electron chi connectivity index (χ3n) is 6.34. The standard InChI is InChI=1S/C24H29N6O2/c25-21(31)16-28-10-11-30-22(17-28)27-23(24(30)26-19-4-2-1-3-5-19)18-6-8-20(9-7-18)29-12-14-32-15-13-29/h6-11,17,19H,1-5,12-16H2,(H-,25,31)/q+1/p+1. The number of primary amides is 1. The fourth-order valence-electron chi connectivity index (χ4n) is 4.65. The van der Waals surface area contributed by atoms with Gasteiger partial charge in [0.15, 0.2) is 0 Å². The molecule has 1 saturated carbocycles. The topological polar surface area (TPSA) is 88.0 Å². The second-order valence-corrected chi connectivity index (χ2v) is 8.65. The molecule has 1 aliphatic carbocycles. The number of nitrogens with zero attached hydrogens (tertiary/aromatic N) is 5. The van der Waals surface area contributed by atoms with E-state index in [9.17, 15) is 4.79 Å². The zero-order valence-electron chi connectivity index (χ0n) is 18.3. The molecule has 0 bridgehead atoms. The molecule has 8 heteroatoms. The number of benzene rings is 1. The maximum Gasteiger partial charge on any atom is 0.333 e. The Bertz CT molecular complexity index is 1050. The van der Waals surface area contributed by atoms with E-state index in [-0.39, 0.29) is 12.5 Å². The molecule has 2 N–H and O–H groups in total. The molecule has 5 rings (SSSR count). The van der Waals surface area contributed by atoms with E-state index in [1.807, 2.05) is 23.2 Å². The van der Waals surface area contributed by atoms with Gasteiger partial charge in [-0.2, -0.15) is 9.13 Å². The molecule has 0 unspecified atom stereocenters. The number of anilines is 1. The van der Waals surface area contributed by atoms with Gasteiger partial charge in [0, 0.05) is 24.3 Å². The van der Waals surface area contributed by atoms with E-state index in [0.717, 1.165) is 62.1 Å². The number of aromatic nitrogens is 2. The van der Waals surface area contributed by atoms with Crippen LogP contribution in [0.25, 0.3) is 0 Å². The molecule has 3 aliphatic rings. The molecule has 0 spiro atoms. The monoisotopic (exact) mass is 434 g/mol. The summed E-state index contributed by atoms with van der Waals surface area (Å²) in [5, 5.41) is 0. The first-order chi connectivity index (χ1) is 15.7. The Hall–Kier alpha value is -3.13. The molecule has 1 aromatic carbocycles. The maximum atomic E-state index is 11.4. The molecule has 32 heavy (non-hydrogen) atoms. The van der Waals surface area contributed by atoms with Crippen molar-refractivity contribution in [2.24, 2.45) is 15.7 Å². The first kappa shape index (κ1) is 20.8. The van der Waals surface area contributed by atoms with E-state index in [1.165, 1.54) is 24.9 Å². The highest BCUT2D eigenvalue weighted by Gasteiger charge is 2.36. The van der Waals surface area contributed by atoms with Gasteiger partial charge < -0.3 is 15.4 Å². The molecule has 0 atom stereocenters.